The van der Waals surface area contributed by atoms with E-state index in [4.69, 9.17) is 14.2 Å². The second kappa shape index (κ2) is 10.8. The van der Waals surface area contributed by atoms with Gasteiger partial charge in [-0.15, -0.1) is 0 Å². The second-order valence-corrected chi connectivity index (χ2v) is 8.22. The van der Waals surface area contributed by atoms with Crippen LogP contribution in [0.25, 0.3) is 0 Å². The van der Waals surface area contributed by atoms with Crippen LogP contribution in [0.3, 0.4) is 0 Å². The van der Waals surface area contributed by atoms with Crippen LogP contribution >= 0.6 is 0 Å². The van der Waals surface area contributed by atoms with Gasteiger partial charge in [-0.25, -0.2) is 13.2 Å². The lowest BCUT2D eigenvalue weighted by Crippen LogP contribution is -2.30. The van der Waals surface area contributed by atoms with Gasteiger partial charge in [0.05, 0.1) is 19.1 Å². The molecule has 1 amide bonds. The summed E-state index contributed by atoms with van der Waals surface area (Å²) in [6.07, 6.45) is 0. The molecule has 0 atom stereocenters. The minimum Gasteiger partial charge on any atom is -0.496 e. The van der Waals surface area contributed by atoms with Gasteiger partial charge in [-0.2, -0.15) is 4.31 Å². The predicted octanol–water partition coefficient (Wildman–Crippen LogP) is 2.53. The molecule has 0 saturated carbocycles. The number of esters is 1. The third-order valence-electron chi connectivity index (χ3n) is 4.43. The molecule has 2 rings (SSSR count). The zero-order chi connectivity index (χ0) is 23.0. The molecule has 0 radical (unpaired) electrons. The van der Waals surface area contributed by atoms with E-state index in [0.717, 1.165) is 0 Å². The normalized spacial score (nSPS) is 11.1. The van der Waals surface area contributed by atoms with E-state index in [9.17, 15) is 18.0 Å². The molecule has 0 unspecified atom stereocenters. The van der Waals surface area contributed by atoms with E-state index in [2.05, 4.69) is 5.32 Å². The van der Waals surface area contributed by atoms with Crippen molar-refractivity contribution in [1.82, 2.24) is 4.31 Å². The number of anilines is 1. The SMILES string of the molecule is CCN(CC)S(=O)(=O)c1cccc(NC(=O)COC(=O)c2c(OC)cccc2OC)c1. The van der Waals surface area contributed by atoms with E-state index >= 15 is 0 Å². The Labute approximate surface area is 182 Å². The molecule has 0 aromatic heterocycles. The van der Waals surface area contributed by atoms with Gasteiger partial charge in [0.2, 0.25) is 10.0 Å². The highest BCUT2D eigenvalue weighted by molar-refractivity contribution is 7.89. The number of nitrogens with zero attached hydrogens (tertiary/aromatic N) is 1. The summed E-state index contributed by atoms with van der Waals surface area (Å²) in [6, 6.07) is 10.7. The molecule has 0 aliphatic heterocycles. The monoisotopic (exact) mass is 450 g/mol. The van der Waals surface area contributed by atoms with Crippen molar-refractivity contribution >= 4 is 27.6 Å². The van der Waals surface area contributed by atoms with E-state index in [0.29, 0.717) is 13.1 Å². The van der Waals surface area contributed by atoms with Gasteiger partial charge >= 0.3 is 5.97 Å². The molecule has 2 aromatic carbocycles. The lowest BCUT2D eigenvalue weighted by Gasteiger charge is -2.18. The second-order valence-electron chi connectivity index (χ2n) is 6.28. The maximum absolute atomic E-state index is 12.6. The fourth-order valence-corrected chi connectivity index (χ4v) is 4.40. The van der Waals surface area contributed by atoms with Crippen molar-refractivity contribution in [1.29, 1.82) is 0 Å². The summed E-state index contributed by atoms with van der Waals surface area (Å²) in [6.45, 7) is 3.58. The molecule has 0 bridgehead atoms. The summed E-state index contributed by atoms with van der Waals surface area (Å²) in [5, 5.41) is 2.53. The van der Waals surface area contributed by atoms with Gasteiger partial charge in [-0.05, 0) is 30.3 Å². The number of ether oxygens (including phenoxy) is 3. The number of carbonyl (C=O) groups is 2. The number of sulfonamides is 1. The number of nitrogens with one attached hydrogen (secondary N) is 1. The van der Waals surface area contributed by atoms with E-state index in [1.54, 1.807) is 38.1 Å². The molecule has 9 nitrogen and oxygen atoms in total. The Morgan fingerprint density at radius 2 is 1.55 bits per heavy atom. The highest BCUT2D eigenvalue weighted by atomic mass is 32.2. The summed E-state index contributed by atoms with van der Waals surface area (Å²) >= 11 is 0. The lowest BCUT2D eigenvalue weighted by atomic mass is 10.2. The fourth-order valence-electron chi connectivity index (χ4n) is 2.90. The van der Waals surface area contributed by atoms with Crippen molar-refractivity contribution in [2.24, 2.45) is 0 Å². The van der Waals surface area contributed by atoms with Crippen LogP contribution in [0, 0.1) is 0 Å². The van der Waals surface area contributed by atoms with E-state index in [1.165, 1.54) is 36.7 Å². The van der Waals surface area contributed by atoms with Crippen molar-refractivity contribution in [3.63, 3.8) is 0 Å². The molecular weight excluding hydrogens is 424 g/mol. The molecule has 0 saturated heterocycles. The number of methoxy groups -OCH3 is 2. The molecular formula is C21H26N2O7S. The van der Waals surface area contributed by atoms with E-state index < -0.39 is 28.5 Å². The van der Waals surface area contributed by atoms with Gasteiger partial charge in [0.25, 0.3) is 5.91 Å². The van der Waals surface area contributed by atoms with E-state index in [-0.39, 0.29) is 27.6 Å². The van der Waals surface area contributed by atoms with Gasteiger partial charge in [-0.3, -0.25) is 4.79 Å². The van der Waals surface area contributed by atoms with Crippen LogP contribution < -0.4 is 14.8 Å². The minimum absolute atomic E-state index is 0.0600. The summed E-state index contributed by atoms with van der Waals surface area (Å²) in [5.41, 5.74) is 0.330. The maximum atomic E-state index is 12.6. The Morgan fingerprint density at radius 1 is 0.968 bits per heavy atom. The largest absolute Gasteiger partial charge is 0.496 e. The molecule has 0 fully saturated rings. The third-order valence-corrected chi connectivity index (χ3v) is 6.47. The maximum Gasteiger partial charge on any atom is 0.346 e. The predicted molar refractivity (Wildman–Crippen MR) is 115 cm³/mol. The Balaban J connectivity index is 2.09. The number of hydrogen-bond donors (Lipinski definition) is 1. The van der Waals surface area contributed by atoms with Gasteiger partial charge in [0, 0.05) is 18.8 Å². The Bertz CT molecular complexity index is 1010. The van der Waals surface area contributed by atoms with Crippen LogP contribution in [0.5, 0.6) is 11.5 Å². The van der Waals surface area contributed by atoms with Crippen LogP contribution in [0.15, 0.2) is 47.4 Å². The van der Waals surface area contributed by atoms with Crippen molar-refractivity contribution in [3.8, 4) is 11.5 Å². The first-order chi connectivity index (χ1) is 14.8. The summed E-state index contributed by atoms with van der Waals surface area (Å²) in [4.78, 5) is 24.8. The topological polar surface area (TPSA) is 111 Å². The molecule has 0 aliphatic rings. The van der Waals surface area contributed by atoms with Crippen LogP contribution in [0.4, 0.5) is 5.69 Å². The van der Waals surface area contributed by atoms with Crippen LogP contribution in [0.2, 0.25) is 0 Å². The van der Waals surface area contributed by atoms with Gasteiger partial charge in [0.1, 0.15) is 17.1 Å². The smallest absolute Gasteiger partial charge is 0.346 e. The molecule has 0 aliphatic carbocycles. The summed E-state index contributed by atoms with van der Waals surface area (Å²) < 4.78 is 42.0. The number of amides is 1. The fraction of sp³-hybridized carbons (Fsp3) is 0.333. The van der Waals surface area contributed by atoms with Crippen molar-refractivity contribution < 1.29 is 32.2 Å². The molecule has 0 heterocycles. The molecule has 10 heteroatoms. The number of carbonyl (C=O) groups excluding carboxylic acids is 2. The first-order valence-electron chi connectivity index (χ1n) is 9.56. The number of benzene rings is 2. The zero-order valence-electron chi connectivity index (χ0n) is 17.9. The quantitative estimate of drug-likeness (QED) is 0.554. The number of rotatable bonds is 10. The van der Waals surface area contributed by atoms with Crippen molar-refractivity contribution in [3.05, 3.63) is 48.0 Å². The molecule has 2 aromatic rings. The van der Waals surface area contributed by atoms with Gasteiger partial charge in [-0.1, -0.05) is 26.0 Å². The number of hydrogen-bond acceptors (Lipinski definition) is 7. The summed E-state index contributed by atoms with van der Waals surface area (Å²) in [7, 11) is -0.867. The molecule has 168 valence electrons. The highest BCUT2D eigenvalue weighted by Gasteiger charge is 2.23. The van der Waals surface area contributed by atoms with Crippen LogP contribution in [-0.2, 0) is 19.6 Å². The van der Waals surface area contributed by atoms with Crippen molar-refractivity contribution in [2.75, 3.05) is 39.2 Å². The summed E-state index contributed by atoms with van der Waals surface area (Å²) in [5.74, 6) is -0.917. The first-order valence-corrected chi connectivity index (χ1v) is 11.0. The van der Waals surface area contributed by atoms with Crippen LogP contribution in [0.1, 0.15) is 24.2 Å². The average molecular weight is 451 g/mol. The minimum atomic E-state index is -3.67. The molecule has 0 spiro atoms. The van der Waals surface area contributed by atoms with Gasteiger partial charge < -0.3 is 19.5 Å². The van der Waals surface area contributed by atoms with Crippen LogP contribution in [-0.4, -0.2) is 58.5 Å². The Kier molecular flexibility index (Phi) is 8.40. The highest BCUT2D eigenvalue weighted by Crippen LogP contribution is 2.29. The average Bonchev–Trinajstić information content (AvgIpc) is 2.77. The van der Waals surface area contributed by atoms with E-state index in [1.807, 2.05) is 0 Å². The Hall–Kier alpha value is -3.11. The lowest BCUT2D eigenvalue weighted by molar-refractivity contribution is -0.119. The van der Waals surface area contributed by atoms with Gasteiger partial charge in [0.15, 0.2) is 6.61 Å². The zero-order valence-corrected chi connectivity index (χ0v) is 18.7. The third kappa shape index (κ3) is 5.74. The standard InChI is InChI=1S/C21H26N2O7S/c1-5-23(6-2)31(26,27)16-10-7-9-15(13-16)22-19(24)14-30-21(25)20-17(28-3)11-8-12-18(20)29-4/h7-13H,5-6,14H2,1-4H3,(H,22,24). The first kappa shape index (κ1) is 24.2. The Morgan fingerprint density at radius 3 is 2.10 bits per heavy atom. The van der Waals surface area contributed by atoms with Crippen molar-refractivity contribution in [2.45, 2.75) is 18.7 Å². The molecule has 31 heavy (non-hydrogen) atoms. The molecule has 1 N–H and O–H groups in total.